The second-order valence-electron chi connectivity index (χ2n) is 2.82. The third-order valence-electron chi connectivity index (χ3n) is 1.66. The van der Waals surface area contributed by atoms with E-state index in [9.17, 15) is 4.39 Å². The standard InChI is InChI=1S/C9H9FN2/c1-9(12,6-11)7-3-2-4-8(10)5-7/h2-5H,12H2,1H3. The fourth-order valence-corrected chi connectivity index (χ4v) is 0.876. The zero-order chi connectivity index (χ0) is 9.19. The van der Waals surface area contributed by atoms with E-state index in [0.717, 1.165) is 0 Å². The summed E-state index contributed by atoms with van der Waals surface area (Å²) >= 11 is 0. The van der Waals surface area contributed by atoms with Gasteiger partial charge in [0.05, 0.1) is 6.07 Å². The number of rotatable bonds is 1. The van der Waals surface area contributed by atoms with Gasteiger partial charge in [0.1, 0.15) is 11.4 Å². The average Bonchev–Trinajstić information content (AvgIpc) is 2.05. The summed E-state index contributed by atoms with van der Waals surface area (Å²) in [4.78, 5) is 0. The van der Waals surface area contributed by atoms with E-state index in [1.54, 1.807) is 13.0 Å². The number of nitriles is 1. The van der Waals surface area contributed by atoms with Crippen molar-refractivity contribution in [2.75, 3.05) is 0 Å². The van der Waals surface area contributed by atoms with Gasteiger partial charge in [0.25, 0.3) is 0 Å². The molecular formula is C9H9FN2. The summed E-state index contributed by atoms with van der Waals surface area (Å²) in [5.74, 6) is -0.376. The Morgan fingerprint density at radius 3 is 2.75 bits per heavy atom. The Morgan fingerprint density at radius 1 is 1.58 bits per heavy atom. The molecule has 0 amide bonds. The minimum Gasteiger partial charge on any atom is -0.310 e. The van der Waals surface area contributed by atoms with Gasteiger partial charge in [-0.2, -0.15) is 5.26 Å². The third kappa shape index (κ3) is 1.60. The fourth-order valence-electron chi connectivity index (χ4n) is 0.876. The molecule has 62 valence electrons. The van der Waals surface area contributed by atoms with Crippen molar-refractivity contribution in [1.82, 2.24) is 0 Å². The molecule has 0 bridgehead atoms. The van der Waals surface area contributed by atoms with Crippen molar-refractivity contribution in [2.24, 2.45) is 5.73 Å². The molecule has 0 saturated heterocycles. The largest absolute Gasteiger partial charge is 0.310 e. The fraction of sp³-hybridized carbons (Fsp3) is 0.222. The molecule has 2 N–H and O–H groups in total. The predicted octanol–water partition coefficient (Wildman–Crippen LogP) is 1.52. The molecule has 0 aliphatic rings. The summed E-state index contributed by atoms with van der Waals surface area (Å²) in [5.41, 5.74) is 4.96. The van der Waals surface area contributed by atoms with Gasteiger partial charge >= 0.3 is 0 Å². The highest BCUT2D eigenvalue weighted by molar-refractivity contribution is 5.29. The Hall–Kier alpha value is -1.40. The Morgan fingerprint density at radius 2 is 2.25 bits per heavy atom. The van der Waals surface area contributed by atoms with Crippen LogP contribution in [0.1, 0.15) is 12.5 Å². The summed E-state index contributed by atoms with van der Waals surface area (Å²) in [6, 6.07) is 7.65. The van der Waals surface area contributed by atoms with Crippen LogP contribution in [0.2, 0.25) is 0 Å². The molecule has 0 saturated carbocycles. The number of benzene rings is 1. The second-order valence-corrected chi connectivity index (χ2v) is 2.82. The third-order valence-corrected chi connectivity index (χ3v) is 1.66. The van der Waals surface area contributed by atoms with Crippen molar-refractivity contribution in [3.8, 4) is 6.07 Å². The zero-order valence-corrected chi connectivity index (χ0v) is 6.71. The summed E-state index contributed by atoms with van der Waals surface area (Å²) in [7, 11) is 0. The van der Waals surface area contributed by atoms with E-state index in [2.05, 4.69) is 0 Å². The lowest BCUT2D eigenvalue weighted by Gasteiger charge is -2.15. The molecule has 0 fully saturated rings. The molecule has 0 aliphatic heterocycles. The van der Waals surface area contributed by atoms with E-state index in [-0.39, 0.29) is 5.82 Å². The topological polar surface area (TPSA) is 49.8 Å². The average molecular weight is 164 g/mol. The Bertz CT molecular complexity index is 326. The minimum atomic E-state index is -1.11. The smallest absolute Gasteiger partial charge is 0.127 e. The lowest BCUT2D eigenvalue weighted by Crippen LogP contribution is -2.30. The molecule has 12 heavy (non-hydrogen) atoms. The summed E-state index contributed by atoms with van der Waals surface area (Å²) < 4.78 is 12.7. The maximum absolute atomic E-state index is 12.7. The Kier molecular flexibility index (Phi) is 2.11. The number of nitrogens with two attached hydrogens (primary N) is 1. The normalized spacial score (nSPS) is 14.8. The molecule has 0 aromatic heterocycles. The lowest BCUT2D eigenvalue weighted by atomic mass is 9.95. The molecule has 1 aromatic carbocycles. The van der Waals surface area contributed by atoms with Crippen LogP contribution in [-0.4, -0.2) is 0 Å². The second kappa shape index (κ2) is 2.92. The van der Waals surface area contributed by atoms with Crippen molar-refractivity contribution < 1.29 is 4.39 Å². The quantitative estimate of drug-likeness (QED) is 0.684. The van der Waals surface area contributed by atoms with Gasteiger partial charge in [-0.3, -0.25) is 0 Å². The molecule has 1 atom stereocenters. The molecule has 0 aliphatic carbocycles. The van der Waals surface area contributed by atoms with E-state index >= 15 is 0 Å². The van der Waals surface area contributed by atoms with Gasteiger partial charge in [-0.1, -0.05) is 12.1 Å². The highest BCUT2D eigenvalue weighted by Crippen LogP contribution is 2.16. The van der Waals surface area contributed by atoms with Crippen LogP contribution in [0, 0.1) is 17.1 Å². The highest BCUT2D eigenvalue weighted by Gasteiger charge is 2.20. The van der Waals surface area contributed by atoms with Gasteiger partial charge in [0, 0.05) is 0 Å². The van der Waals surface area contributed by atoms with E-state index in [4.69, 9.17) is 11.0 Å². The van der Waals surface area contributed by atoms with Crippen LogP contribution in [0.15, 0.2) is 24.3 Å². The van der Waals surface area contributed by atoms with Gasteiger partial charge < -0.3 is 5.73 Å². The molecular weight excluding hydrogens is 155 g/mol. The van der Waals surface area contributed by atoms with Gasteiger partial charge in [-0.25, -0.2) is 4.39 Å². The first-order chi connectivity index (χ1) is 5.56. The molecule has 3 heteroatoms. The maximum atomic E-state index is 12.7. The highest BCUT2D eigenvalue weighted by atomic mass is 19.1. The Balaban J connectivity index is 3.14. The Labute approximate surface area is 70.4 Å². The summed E-state index contributed by atoms with van der Waals surface area (Å²) in [5, 5.41) is 8.64. The predicted molar refractivity (Wildman–Crippen MR) is 43.6 cm³/mol. The maximum Gasteiger partial charge on any atom is 0.127 e. The molecule has 1 unspecified atom stereocenters. The van der Waals surface area contributed by atoms with Crippen molar-refractivity contribution in [3.63, 3.8) is 0 Å². The first kappa shape index (κ1) is 8.69. The number of hydrogen-bond donors (Lipinski definition) is 1. The monoisotopic (exact) mass is 164 g/mol. The van der Waals surface area contributed by atoms with Crippen molar-refractivity contribution in [3.05, 3.63) is 35.6 Å². The van der Waals surface area contributed by atoms with Crippen LogP contribution < -0.4 is 5.73 Å². The van der Waals surface area contributed by atoms with E-state index in [1.165, 1.54) is 18.2 Å². The van der Waals surface area contributed by atoms with Crippen LogP contribution in [0.25, 0.3) is 0 Å². The van der Waals surface area contributed by atoms with Gasteiger partial charge in [0.15, 0.2) is 0 Å². The van der Waals surface area contributed by atoms with Gasteiger partial charge in [-0.05, 0) is 24.6 Å². The lowest BCUT2D eigenvalue weighted by molar-refractivity contribution is 0.603. The van der Waals surface area contributed by atoms with Crippen molar-refractivity contribution in [1.29, 1.82) is 5.26 Å². The molecule has 2 nitrogen and oxygen atoms in total. The van der Waals surface area contributed by atoms with E-state index < -0.39 is 5.54 Å². The number of halogens is 1. The first-order valence-corrected chi connectivity index (χ1v) is 3.52. The summed E-state index contributed by atoms with van der Waals surface area (Å²) in [6.45, 7) is 1.54. The van der Waals surface area contributed by atoms with Crippen molar-refractivity contribution in [2.45, 2.75) is 12.5 Å². The number of hydrogen-bond acceptors (Lipinski definition) is 2. The van der Waals surface area contributed by atoms with Crippen LogP contribution in [0.3, 0.4) is 0 Å². The zero-order valence-electron chi connectivity index (χ0n) is 6.71. The van der Waals surface area contributed by atoms with Crippen LogP contribution in [-0.2, 0) is 5.54 Å². The molecule has 1 aromatic rings. The number of nitrogens with zero attached hydrogens (tertiary/aromatic N) is 1. The van der Waals surface area contributed by atoms with Gasteiger partial charge in [-0.15, -0.1) is 0 Å². The first-order valence-electron chi connectivity index (χ1n) is 3.52. The van der Waals surface area contributed by atoms with Crippen molar-refractivity contribution >= 4 is 0 Å². The molecule has 0 heterocycles. The van der Waals surface area contributed by atoms with Crippen LogP contribution in [0.4, 0.5) is 4.39 Å². The summed E-state index contributed by atoms with van der Waals surface area (Å²) in [6.07, 6.45) is 0. The van der Waals surface area contributed by atoms with Crippen LogP contribution in [0.5, 0.6) is 0 Å². The SMILES string of the molecule is CC(N)(C#N)c1cccc(F)c1. The minimum absolute atomic E-state index is 0.376. The van der Waals surface area contributed by atoms with Gasteiger partial charge in [0.2, 0.25) is 0 Å². The molecule has 0 radical (unpaired) electrons. The van der Waals surface area contributed by atoms with E-state index in [0.29, 0.717) is 5.56 Å². The van der Waals surface area contributed by atoms with Crippen LogP contribution >= 0.6 is 0 Å². The van der Waals surface area contributed by atoms with E-state index in [1.807, 2.05) is 6.07 Å². The molecule has 1 rings (SSSR count). The molecule has 0 spiro atoms.